The summed E-state index contributed by atoms with van der Waals surface area (Å²) in [6.07, 6.45) is 1.89. The number of benzene rings is 1. The number of likely N-dealkylation sites (tertiary alicyclic amines) is 1. The normalized spacial score (nSPS) is 22.7. The number of nitrogens with zero attached hydrogens (tertiary/aromatic N) is 2. The lowest BCUT2D eigenvalue weighted by molar-refractivity contribution is -0.123. The SMILES string of the molecule is CC1CCN(C(=O)c2ccc(Cl)c(N3C(=O)C(C)(C)CS3(=O)=O)c2)CC1. The molecule has 2 saturated heterocycles. The van der Waals surface area contributed by atoms with Gasteiger partial charge in [-0.15, -0.1) is 0 Å². The molecular weight excluding hydrogens is 376 g/mol. The van der Waals surface area contributed by atoms with Crippen molar-refractivity contribution in [1.29, 1.82) is 0 Å². The van der Waals surface area contributed by atoms with Crippen LogP contribution in [0.1, 0.15) is 44.0 Å². The molecule has 0 aromatic heterocycles. The van der Waals surface area contributed by atoms with Gasteiger partial charge in [-0.25, -0.2) is 12.7 Å². The smallest absolute Gasteiger partial charge is 0.253 e. The fraction of sp³-hybridized carbons (Fsp3) is 0.556. The zero-order chi connectivity index (χ0) is 19.3. The molecule has 2 amide bonds. The minimum absolute atomic E-state index is 0.0541. The first kappa shape index (κ1) is 19.2. The molecule has 0 radical (unpaired) electrons. The number of anilines is 1. The first-order chi connectivity index (χ1) is 12.0. The number of carbonyl (C=O) groups is 2. The molecule has 0 bridgehead atoms. The molecule has 2 aliphatic rings. The number of amides is 2. The van der Waals surface area contributed by atoms with E-state index in [4.69, 9.17) is 11.6 Å². The van der Waals surface area contributed by atoms with Gasteiger partial charge in [0.25, 0.3) is 5.91 Å². The average molecular weight is 399 g/mol. The van der Waals surface area contributed by atoms with Crippen molar-refractivity contribution in [3.8, 4) is 0 Å². The highest BCUT2D eigenvalue weighted by Crippen LogP contribution is 2.39. The number of piperidine rings is 1. The second-order valence-electron chi connectivity index (χ2n) is 7.85. The standard InChI is InChI=1S/C18H23ClN2O4S/c1-12-6-8-20(9-7-12)16(22)13-4-5-14(19)15(10-13)21-17(23)18(2,3)11-26(21,24)25/h4-5,10,12H,6-9,11H2,1-3H3. The highest BCUT2D eigenvalue weighted by atomic mass is 35.5. The quantitative estimate of drug-likeness (QED) is 0.767. The number of hydrogen-bond acceptors (Lipinski definition) is 4. The molecule has 2 heterocycles. The van der Waals surface area contributed by atoms with E-state index < -0.39 is 21.3 Å². The second-order valence-corrected chi connectivity index (χ2v) is 10.1. The largest absolute Gasteiger partial charge is 0.339 e. The van der Waals surface area contributed by atoms with E-state index in [2.05, 4.69) is 6.92 Å². The minimum Gasteiger partial charge on any atom is -0.339 e. The fourth-order valence-corrected chi connectivity index (χ4v) is 5.81. The predicted molar refractivity (Wildman–Crippen MR) is 101 cm³/mol. The van der Waals surface area contributed by atoms with Crippen LogP contribution in [-0.4, -0.2) is 44.0 Å². The van der Waals surface area contributed by atoms with Crippen molar-refractivity contribution >= 4 is 39.1 Å². The van der Waals surface area contributed by atoms with Crippen LogP contribution in [-0.2, 0) is 14.8 Å². The van der Waals surface area contributed by atoms with Crippen LogP contribution in [0.4, 0.5) is 5.69 Å². The van der Waals surface area contributed by atoms with Crippen molar-refractivity contribution in [1.82, 2.24) is 4.90 Å². The zero-order valence-electron chi connectivity index (χ0n) is 15.2. The fourth-order valence-electron chi connectivity index (χ4n) is 3.44. The molecule has 0 aliphatic carbocycles. The molecule has 6 nitrogen and oxygen atoms in total. The van der Waals surface area contributed by atoms with Gasteiger partial charge in [0.2, 0.25) is 15.9 Å². The molecule has 142 valence electrons. The van der Waals surface area contributed by atoms with E-state index in [1.165, 1.54) is 12.1 Å². The summed E-state index contributed by atoms with van der Waals surface area (Å²) in [5, 5.41) is 0.128. The van der Waals surface area contributed by atoms with E-state index in [0.29, 0.717) is 24.6 Å². The topological polar surface area (TPSA) is 74.8 Å². The van der Waals surface area contributed by atoms with Gasteiger partial charge in [0.1, 0.15) is 0 Å². The minimum atomic E-state index is -3.82. The van der Waals surface area contributed by atoms with E-state index in [-0.39, 0.29) is 22.4 Å². The highest BCUT2D eigenvalue weighted by molar-refractivity contribution is 7.94. The van der Waals surface area contributed by atoms with Crippen LogP contribution in [0.15, 0.2) is 18.2 Å². The Balaban J connectivity index is 1.96. The number of sulfonamides is 1. The monoisotopic (exact) mass is 398 g/mol. The maximum atomic E-state index is 12.8. The van der Waals surface area contributed by atoms with Crippen molar-refractivity contribution in [3.05, 3.63) is 28.8 Å². The van der Waals surface area contributed by atoms with Gasteiger partial charge in [0.05, 0.1) is 21.9 Å². The van der Waals surface area contributed by atoms with Crippen LogP contribution < -0.4 is 4.31 Å². The Morgan fingerprint density at radius 1 is 1.23 bits per heavy atom. The molecule has 0 saturated carbocycles. The van der Waals surface area contributed by atoms with Gasteiger partial charge >= 0.3 is 0 Å². The van der Waals surface area contributed by atoms with Crippen molar-refractivity contribution in [2.45, 2.75) is 33.6 Å². The third-order valence-electron chi connectivity index (χ3n) is 5.07. The third kappa shape index (κ3) is 3.34. The third-order valence-corrected chi connectivity index (χ3v) is 7.39. The van der Waals surface area contributed by atoms with Crippen LogP contribution >= 0.6 is 11.6 Å². The number of halogens is 1. The van der Waals surface area contributed by atoms with Gasteiger partial charge in [0.15, 0.2) is 0 Å². The Morgan fingerprint density at radius 2 is 1.85 bits per heavy atom. The summed E-state index contributed by atoms with van der Waals surface area (Å²) in [5.41, 5.74) is -0.629. The summed E-state index contributed by atoms with van der Waals surface area (Å²) < 4.78 is 25.8. The first-order valence-electron chi connectivity index (χ1n) is 8.69. The Bertz CT molecular complexity index is 858. The van der Waals surface area contributed by atoms with E-state index >= 15 is 0 Å². The summed E-state index contributed by atoms with van der Waals surface area (Å²) in [4.78, 5) is 27.2. The molecule has 8 heteroatoms. The Hall–Kier alpha value is -1.60. The molecule has 0 unspecified atom stereocenters. The maximum Gasteiger partial charge on any atom is 0.253 e. The lowest BCUT2D eigenvalue weighted by atomic mass is 9.95. The molecule has 3 rings (SSSR count). The van der Waals surface area contributed by atoms with Crippen LogP contribution in [0.2, 0.25) is 5.02 Å². The second kappa shape index (κ2) is 6.53. The van der Waals surface area contributed by atoms with Gasteiger partial charge in [-0.3, -0.25) is 9.59 Å². The summed E-state index contributed by atoms with van der Waals surface area (Å²) in [6, 6.07) is 4.47. The van der Waals surface area contributed by atoms with Gasteiger partial charge in [-0.05, 0) is 50.8 Å². The molecule has 1 aromatic rings. The van der Waals surface area contributed by atoms with Crippen molar-refractivity contribution in [2.24, 2.45) is 11.3 Å². The molecule has 0 N–H and O–H groups in total. The van der Waals surface area contributed by atoms with Crippen molar-refractivity contribution in [2.75, 3.05) is 23.1 Å². The highest BCUT2D eigenvalue weighted by Gasteiger charge is 2.50. The lowest BCUT2D eigenvalue weighted by Crippen LogP contribution is -2.38. The zero-order valence-corrected chi connectivity index (χ0v) is 16.7. The van der Waals surface area contributed by atoms with Crippen LogP contribution in [0.3, 0.4) is 0 Å². The Kier molecular flexibility index (Phi) is 4.82. The van der Waals surface area contributed by atoms with Gasteiger partial charge in [0, 0.05) is 18.7 Å². The Morgan fingerprint density at radius 3 is 2.38 bits per heavy atom. The summed E-state index contributed by atoms with van der Waals surface area (Å²) in [7, 11) is -3.82. The van der Waals surface area contributed by atoms with Crippen LogP contribution in [0.25, 0.3) is 0 Å². The molecule has 2 aliphatic heterocycles. The van der Waals surface area contributed by atoms with Crippen molar-refractivity contribution < 1.29 is 18.0 Å². The number of rotatable bonds is 2. The molecule has 26 heavy (non-hydrogen) atoms. The van der Waals surface area contributed by atoms with Crippen molar-refractivity contribution in [3.63, 3.8) is 0 Å². The number of carbonyl (C=O) groups excluding carboxylic acids is 2. The van der Waals surface area contributed by atoms with Gasteiger partial charge in [-0.2, -0.15) is 0 Å². The summed E-state index contributed by atoms with van der Waals surface area (Å²) in [5.74, 6) is -0.388. The summed E-state index contributed by atoms with van der Waals surface area (Å²) >= 11 is 6.19. The van der Waals surface area contributed by atoms with E-state index in [1.807, 2.05) is 0 Å². The van der Waals surface area contributed by atoms with Crippen LogP contribution in [0.5, 0.6) is 0 Å². The average Bonchev–Trinajstić information content (AvgIpc) is 2.71. The maximum absolute atomic E-state index is 12.8. The molecular formula is C18H23ClN2O4S. The lowest BCUT2D eigenvalue weighted by Gasteiger charge is -2.30. The summed E-state index contributed by atoms with van der Waals surface area (Å²) in [6.45, 7) is 6.68. The van der Waals surface area contributed by atoms with Gasteiger partial charge in [-0.1, -0.05) is 18.5 Å². The van der Waals surface area contributed by atoms with Crippen LogP contribution in [0, 0.1) is 11.3 Å². The van der Waals surface area contributed by atoms with E-state index in [1.54, 1.807) is 24.8 Å². The molecule has 0 atom stereocenters. The predicted octanol–water partition coefficient (Wildman–Crippen LogP) is 2.91. The molecule has 2 fully saturated rings. The molecule has 0 spiro atoms. The molecule has 1 aromatic carbocycles. The van der Waals surface area contributed by atoms with E-state index in [0.717, 1.165) is 17.1 Å². The number of hydrogen-bond donors (Lipinski definition) is 0. The van der Waals surface area contributed by atoms with E-state index in [9.17, 15) is 18.0 Å². The van der Waals surface area contributed by atoms with Gasteiger partial charge < -0.3 is 4.90 Å². The first-order valence-corrected chi connectivity index (χ1v) is 10.7. The Labute approximate surface area is 159 Å².